The third-order valence-corrected chi connectivity index (χ3v) is 3.26. The summed E-state index contributed by atoms with van der Waals surface area (Å²) in [5, 5.41) is 7.90. The molecule has 0 amide bonds. The summed E-state index contributed by atoms with van der Waals surface area (Å²) in [5.41, 5.74) is 0.183. The summed E-state index contributed by atoms with van der Waals surface area (Å²) in [4.78, 5) is 0. The molecule has 4 heteroatoms. The number of nitrogens with zero attached hydrogens (tertiary/aromatic N) is 2. The lowest BCUT2D eigenvalue weighted by atomic mass is 10.0. The van der Waals surface area contributed by atoms with Gasteiger partial charge in [0.25, 0.3) is 0 Å². The highest BCUT2D eigenvalue weighted by molar-refractivity contribution is 5.12. The predicted octanol–water partition coefficient (Wildman–Crippen LogP) is 3.01. The van der Waals surface area contributed by atoms with Crippen molar-refractivity contribution >= 4 is 0 Å². The Morgan fingerprint density at radius 3 is 2.78 bits per heavy atom. The van der Waals surface area contributed by atoms with Gasteiger partial charge in [0.05, 0.1) is 25.0 Å². The molecule has 1 unspecified atom stereocenters. The maximum atomic E-state index is 5.55. The standard InChI is InChI=1S/C14H27N3O/c1-6-8-18-13-10-16-17(11-13)12(3)9-15-14(4,5)7-2/h10-12,15H,6-9H2,1-5H3. The average Bonchev–Trinajstić information content (AvgIpc) is 2.82. The molecule has 0 saturated carbocycles. The molecule has 1 rings (SSSR count). The molecule has 104 valence electrons. The number of rotatable bonds is 8. The van der Waals surface area contributed by atoms with E-state index in [1.807, 2.05) is 10.9 Å². The minimum absolute atomic E-state index is 0.183. The van der Waals surface area contributed by atoms with E-state index in [0.717, 1.165) is 31.7 Å². The van der Waals surface area contributed by atoms with Crippen LogP contribution >= 0.6 is 0 Å². The maximum absolute atomic E-state index is 5.55. The van der Waals surface area contributed by atoms with Crippen LogP contribution in [0.5, 0.6) is 5.75 Å². The van der Waals surface area contributed by atoms with Crippen LogP contribution < -0.4 is 10.1 Å². The molecule has 1 aromatic rings. The van der Waals surface area contributed by atoms with E-state index in [1.165, 1.54) is 0 Å². The summed E-state index contributed by atoms with van der Waals surface area (Å²) in [6, 6.07) is 0.329. The van der Waals surface area contributed by atoms with Crippen LogP contribution in [0.2, 0.25) is 0 Å². The molecule has 1 aromatic heterocycles. The van der Waals surface area contributed by atoms with Crippen LogP contribution in [0, 0.1) is 0 Å². The van der Waals surface area contributed by atoms with Crippen molar-refractivity contribution in [3.8, 4) is 5.75 Å². The molecule has 0 aliphatic heterocycles. The Bertz CT molecular complexity index is 347. The summed E-state index contributed by atoms with van der Waals surface area (Å²) >= 11 is 0. The molecule has 0 aromatic carbocycles. The van der Waals surface area contributed by atoms with Gasteiger partial charge in [-0.2, -0.15) is 5.10 Å². The van der Waals surface area contributed by atoms with Crippen molar-refractivity contribution in [2.75, 3.05) is 13.2 Å². The van der Waals surface area contributed by atoms with Gasteiger partial charge in [-0.1, -0.05) is 13.8 Å². The van der Waals surface area contributed by atoms with Crippen LogP contribution in [0.3, 0.4) is 0 Å². The molecule has 0 bridgehead atoms. The van der Waals surface area contributed by atoms with Gasteiger partial charge in [0.2, 0.25) is 0 Å². The highest BCUT2D eigenvalue weighted by atomic mass is 16.5. The number of aromatic nitrogens is 2. The molecule has 0 radical (unpaired) electrons. The topological polar surface area (TPSA) is 39.1 Å². The van der Waals surface area contributed by atoms with Gasteiger partial charge in [0, 0.05) is 12.1 Å². The average molecular weight is 253 g/mol. The SMILES string of the molecule is CCCOc1cnn(C(C)CNC(C)(C)CC)c1. The van der Waals surface area contributed by atoms with Gasteiger partial charge < -0.3 is 10.1 Å². The Morgan fingerprint density at radius 1 is 1.44 bits per heavy atom. The molecule has 0 fully saturated rings. The van der Waals surface area contributed by atoms with Gasteiger partial charge in [-0.3, -0.25) is 4.68 Å². The number of nitrogens with one attached hydrogen (secondary N) is 1. The largest absolute Gasteiger partial charge is 0.490 e. The highest BCUT2D eigenvalue weighted by Crippen LogP contribution is 2.14. The fraction of sp³-hybridized carbons (Fsp3) is 0.786. The Balaban J connectivity index is 2.46. The van der Waals surface area contributed by atoms with Gasteiger partial charge in [-0.25, -0.2) is 0 Å². The van der Waals surface area contributed by atoms with Crippen molar-refractivity contribution in [3.63, 3.8) is 0 Å². The minimum Gasteiger partial charge on any atom is -0.490 e. The first kappa shape index (κ1) is 15.0. The lowest BCUT2D eigenvalue weighted by molar-refractivity contribution is 0.314. The van der Waals surface area contributed by atoms with Crippen LogP contribution in [-0.2, 0) is 0 Å². The smallest absolute Gasteiger partial charge is 0.157 e. The fourth-order valence-corrected chi connectivity index (χ4v) is 1.50. The van der Waals surface area contributed by atoms with E-state index in [0.29, 0.717) is 6.04 Å². The second-order valence-electron chi connectivity index (χ2n) is 5.47. The Labute approximate surface area is 111 Å². The van der Waals surface area contributed by atoms with Gasteiger partial charge in [0.1, 0.15) is 0 Å². The Hall–Kier alpha value is -1.03. The molecular formula is C14H27N3O. The zero-order valence-electron chi connectivity index (χ0n) is 12.4. The second-order valence-corrected chi connectivity index (χ2v) is 5.47. The normalized spacial score (nSPS) is 13.6. The molecule has 18 heavy (non-hydrogen) atoms. The maximum Gasteiger partial charge on any atom is 0.157 e. The highest BCUT2D eigenvalue weighted by Gasteiger charge is 2.16. The molecule has 1 N–H and O–H groups in total. The van der Waals surface area contributed by atoms with E-state index in [4.69, 9.17) is 4.74 Å². The molecular weight excluding hydrogens is 226 g/mol. The first-order valence-corrected chi connectivity index (χ1v) is 6.90. The predicted molar refractivity (Wildman–Crippen MR) is 75.1 cm³/mol. The molecule has 0 aliphatic rings. The number of hydrogen-bond donors (Lipinski definition) is 1. The molecule has 0 spiro atoms. The first-order valence-electron chi connectivity index (χ1n) is 6.90. The lowest BCUT2D eigenvalue weighted by Crippen LogP contribution is -2.41. The number of hydrogen-bond acceptors (Lipinski definition) is 3. The third kappa shape index (κ3) is 4.69. The van der Waals surface area contributed by atoms with Gasteiger partial charge in [0.15, 0.2) is 5.75 Å². The van der Waals surface area contributed by atoms with Crippen molar-refractivity contribution in [1.82, 2.24) is 15.1 Å². The Kier molecular flexibility index (Phi) is 5.66. The van der Waals surface area contributed by atoms with Crippen molar-refractivity contribution in [2.24, 2.45) is 0 Å². The summed E-state index contributed by atoms with van der Waals surface area (Å²) in [7, 11) is 0. The van der Waals surface area contributed by atoms with E-state index in [-0.39, 0.29) is 5.54 Å². The lowest BCUT2D eigenvalue weighted by Gasteiger charge is -2.26. The van der Waals surface area contributed by atoms with Crippen LogP contribution in [0.1, 0.15) is 53.5 Å². The van der Waals surface area contributed by atoms with E-state index in [1.54, 1.807) is 6.20 Å². The summed E-state index contributed by atoms with van der Waals surface area (Å²) in [6.07, 6.45) is 5.90. The molecule has 4 nitrogen and oxygen atoms in total. The van der Waals surface area contributed by atoms with Crippen molar-refractivity contribution in [1.29, 1.82) is 0 Å². The van der Waals surface area contributed by atoms with E-state index in [9.17, 15) is 0 Å². The quantitative estimate of drug-likeness (QED) is 0.774. The van der Waals surface area contributed by atoms with Crippen LogP contribution in [-0.4, -0.2) is 28.5 Å². The summed E-state index contributed by atoms with van der Waals surface area (Å²) in [5.74, 6) is 0.860. The van der Waals surface area contributed by atoms with Gasteiger partial charge >= 0.3 is 0 Å². The van der Waals surface area contributed by atoms with Crippen LogP contribution in [0.4, 0.5) is 0 Å². The van der Waals surface area contributed by atoms with Gasteiger partial charge in [-0.05, 0) is 33.6 Å². The van der Waals surface area contributed by atoms with E-state index in [2.05, 4.69) is 45.0 Å². The Morgan fingerprint density at radius 2 is 2.17 bits per heavy atom. The summed E-state index contributed by atoms with van der Waals surface area (Å²) < 4.78 is 7.51. The molecule has 0 aliphatic carbocycles. The molecule has 0 saturated heterocycles. The van der Waals surface area contributed by atoms with Crippen LogP contribution in [0.15, 0.2) is 12.4 Å². The second kappa shape index (κ2) is 6.78. The van der Waals surface area contributed by atoms with E-state index >= 15 is 0 Å². The first-order chi connectivity index (χ1) is 8.48. The fourth-order valence-electron chi connectivity index (χ4n) is 1.50. The van der Waals surface area contributed by atoms with Crippen molar-refractivity contribution < 1.29 is 4.74 Å². The third-order valence-electron chi connectivity index (χ3n) is 3.26. The van der Waals surface area contributed by atoms with E-state index < -0.39 is 0 Å². The van der Waals surface area contributed by atoms with Crippen molar-refractivity contribution in [3.05, 3.63) is 12.4 Å². The molecule has 1 heterocycles. The monoisotopic (exact) mass is 253 g/mol. The minimum atomic E-state index is 0.183. The number of ether oxygens (including phenoxy) is 1. The zero-order valence-corrected chi connectivity index (χ0v) is 12.4. The molecule has 1 atom stereocenters. The van der Waals surface area contributed by atoms with Crippen molar-refractivity contribution in [2.45, 2.75) is 59.0 Å². The summed E-state index contributed by atoms with van der Waals surface area (Å²) in [6.45, 7) is 12.6. The van der Waals surface area contributed by atoms with Crippen LogP contribution in [0.25, 0.3) is 0 Å². The zero-order chi connectivity index (χ0) is 13.6. The van der Waals surface area contributed by atoms with Gasteiger partial charge in [-0.15, -0.1) is 0 Å².